The van der Waals surface area contributed by atoms with Gasteiger partial charge in [-0.25, -0.2) is 0 Å². The third-order valence-electron chi connectivity index (χ3n) is 3.97. The Morgan fingerprint density at radius 2 is 1.77 bits per heavy atom. The van der Waals surface area contributed by atoms with Gasteiger partial charge in [0, 0.05) is 18.3 Å². The van der Waals surface area contributed by atoms with Gasteiger partial charge in [0.05, 0.1) is 13.2 Å². The molecule has 2 amide bonds. The highest BCUT2D eigenvalue weighted by Gasteiger charge is 2.15. The molecule has 0 atom stereocenters. The van der Waals surface area contributed by atoms with Crippen molar-refractivity contribution in [3.05, 3.63) is 59.2 Å². The lowest BCUT2D eigenvalue weighted by Crippen LogP contribution is -2.35. The Labute approximate surface area is 155 Å². The predicted molar refractivity (Wildman–Crippen MR) is 104 cm³/mol. The molecule has 0 saturated carbocycles. The van der Waals surface area contributed by atoms with Crippen LogP contribution in [0.2, 0.25) is 0 Å². The van der Waals surface area contributed by atoms with E-state index in [0.717, 1.165) is 29.0 Å². The van der Waals surface area contributed by atoms with Crippen LogP contribution in [0.25, 0.3) is 0 Å². The Kier molecular flexibility index (Phi) is 6.78. The minimum atomic E-state index is -0.225. The molecule has 0 fully saturated rings. The average molecular weight is 354 g/mol. The zero-order valence-electron chi connectivity index (χ0n) is 15.8. The molecular weight excluding hydrogens is 328 g/mol. The summed E-state index contributed by atoms with van der Waals surface area (Å²) in [5.74, 6) is 0.305. The lowest BCUT2D eigenvalue weighted by Gasteiger charge is -2.18. The second-order valence-electron chi connectivity index (χ2n) is 6.40. The number of anilines is 1. The van der Waals surface area contributed by atoms with E-state index in [1.165, 1.54) is 4.90 Å². The number of ether oxygens (including phenoxy) is 1. The number of nitrogens with one attached hydrogen (secondary N) is 1. The second-order valence-corrected chi connectivity index (χ2v) is 6.40. The Balaban J connectivity index is 1.95. The largest absolute Gasteiger partial charge is 0.494 e. The Bertz CT molecular complexity index is 769. The van der Waals surface area contributed by atoms with E-state index in [1.807, 2.05) is 39.0 Å². The van der Waals surface area contributed by atoms with Crippen LogP contribution >= 0.6 is 0 Å². The average Bonchev–Trinajstić information content (AvgIpc) is 2.62. The van der Waals surface area contributed by atoms with Crippen LogP contribution in [-0.4, -0.2) is 36.9 Å². The lowest BCUT2D eigenvalue weighted by atomic mass is 10.1. The van der Waals surface area contributed by atoms with E-state index in [0.29, 0.717) is 12.2 Å². The number of amides is 2. The highest BCUT2D eigenvalue weighted by Crippen LogP contribution is 2.17. The topological polar surface area (TPSA) is 58.6 Å². The van der Waals surface area contributed by atoms with Gasteiger partial charge < -0.3 is 15.0 Å². The molecule has 5 nitrogen and oxygen atoms in total. The van der Waals surface area contributed by atoms with Crippen LogP contribution in [0.3, 0.4) is 0 Å². The van der Waals surface area contributed by atoms with Gasteiger partial charge in [-0.2, -0.15) is 0 Å². The highest BCUT2D eigenvalue weighted by atomic mass is 16.5. The maximum Gasteiger partial charge on any atom is 0.254 e. The van der Waals surface area contributed by atoms with Crippen LogP contribution in [0.5, 0.6) is 5.75 Å². The first-order valence-corrected chi connectivity index (χ1v) is 8.76. The summed E-state index contributed by atoms with van der Waals surface area (Å²) in [6.07, 6.45) is 0.930. The van der Waals surface area contributed by atoms with Crippen molar-refractivity contribution in [3.63, 3.8) is 0 Å². The van der Waals surface area contributed by atoms with E-state index in [4.69, 9.17) is 4.74 Å². The van der Waals surface area contributed by atoms with E-state index >= 15 is 0 Å². The molecule has 0 spiro atoms. The molecule has 0 heterocycles. The van der Waals surface area contributed by atoms with Crippen molar-refractivity contribution in [2.24, 2.45) is 0 Å². The second kappa shape index (κ2) is 9.04. The number of carbonyl (C=O) groups excluding carboxylic acids is 2. The first-order chi connectivity index (χ1) is 12.4. The molecule has 0 aliphatic carbocycles. The fraction of sp³-hybridized carbons (Fsp3) is 0.333. The quantitative estimate of drug-likeness (QED) is 0.823. The number of nitrogens with zero attached hydrogens (tertiary/aromatic N) is 1. The molecule has 2 aromatic carbocycles. The maximum absolute atomic E-state index is 12.5. The summed E-state index contributed by atoms with van der Waals surface area (Å²) < 4.78 is 5.51. The summed E-state index contributed by atoms with van der Waals surface area (Å²) in [5.41, 5.74) is 3.35. The maximum atomic E-state index is 12.5. The van der Waals surface area contributed by atoms with Crippen molar-refractivity contribution in [1.82, 2.24) is 4.90 Å². The summed E-state index contributed by atoms with van der Waals surface area (Å²) in [7, 11) is 1.62. The van der Waals surface area contributed by atoms with Gasteiger partial charge in [-0.3, -0.25) is 9.59 Å². The molecule has 0 bridgehead atoms. The molecule has 26 heavy (non-hydrogen) atoms. The van der Waals surface area contributed by atoms with Crippen molar-refractivity contribution in [3.8, 4) is 5.75 Å². The van der Waals surface area contributed by atoms with E-state index in [2.05, 4.69) is 5.32 Å². The molecular formula is C21H26N2O3. The van der Waals surface area contributed by atoms with Crippen LogP contribution in [0.15, 0.2) is 42.5 Å². The Morgan fingerprint density at radius 3 is 2.42 bits per heavy atom. The minimum absolute atomic E-state index is 0.0136. The van der Waals surface area contributed by atoms with Crippen LogP contribution in [0, 0.1) is 13.8 Å². The Morgan fingerprint density at radius 1 is 1.08 bits per heavy atom. The van der Waals surface area contributed by atoms with Gasteiger partial charge in [0.15, 0.2) is 0 Å². The molecule has 138 valence electrons. The molecule has 0 aromatic heterocycles. The molecule has 0 aliphatic heterocycles. The molecule has 2 rings (SSSR count). The van der Waals surface area contributed by atoms with Crippen molar-refractivity contribution < 1.29 is 14.3 Å². The standard InChI is InChI=1S/C21H26N2O3/c1-5-12-26-18-10-8-17(9-11-18)21(25)23(4)14-20(24)22-19-13-15(2)6-7-16(19)3/h6-11,13H,5,12,14H2,1-4H3,(H,22,24). The fourth-order valence-electron chi connectivity index (χ4n) is 2.48. The summed E-state index contributed by atoms with van der Waals surface area (Å²) in [6, 6.07) is 12.8. The van der Waals surface area contributed by atoms with E-state index in [-0.39, 0.29) is 18.4 Å². The molecule has 5 heteroatoms. The molecule has 0 radical (unpaired) electrons. The van der Waals surface area contributed by atoms with Crippen molar-refractivity contribution >= 4 is 17.5 Å². The molecule has 1 N–H and O–H groups in total. The third kappa shape index (κ3) is 5.34. The molecule has 0 unspecified atom stereocenters. The van der Waals surface area contributed by atoms with Crippen molar-refractivity contribution in [2.45, 2.75) is 27.2 Å². The Hall–Kier alpha value is -2.82. The van der Waals surface area contributed by atoms with E-state index in [1.54, 1.807) is 31.3 Å². The van der Waals surface area contributed by atoms with Crippen LogP contribution in [-0.2, 0) is 4.79 Å². The molecule has 2 aromatic rings. The van der Waals surface area contributed by atoms with Gasteiger partial charge in [-0.15, -0.1) is 0 Å². The van der Waals surface area contributed by atoms with Crippen LogP contribution < -0.4 is 10.1 Å². The summed E-state index contributed by atoms with van der Waals surface area (Å²) >= 11 is 0. The smallest absolute Gasteiger partial charge is 0.254 e. The predicted octanol–water partition coefficient (Wildman–Crippen LogP) is 3.80. The number of benzene rings is 2. The number of hydrogen-bond acceptors (Lipinski definition) is 3. The zero-order valence-corrected chi connectivity index (χ0v) is 15.8. The fourth-order valence-corrected chi connectivity index (χ4v) is 2.48. The molecule has 0 aliphatic rings. The number of rotatable bonds is 7. The van der Waals surface area contributed by atoms with E-state index in [9.17, 15) is 9.59 Å². The number of aryl methyl sites for hydroxylation is 2. The zero-order chi connectivity index (χ0) is 19.1. The lowest BCUT2D eigenvalue weighted by molar-refractivity contribution is -0.116. The SMILES string of the molecule is CCCOc1ccc(C(=O)N(C)CC(=O)Nc2cc(C)ccc2C)cc1. The number of carbonyl (C=O) groups is 2. The van der Waals surface area contributed by atoms with Gasteiger partial charge in [0.1, 0.15) is 5.75 Å². The van der Waals surface area contributed by atoms with Crippen molar-refractivity contribution in [1.29, 1.82) is 0 Å². The number of likely N-dealkylation sites (N-methyl/N-ethyl adjacent to an activating group) is 1. The normalized spacial score (nSPS) is 10.3. The highest BCUT2D eigenvalue weighted by molar-refractivity contribution is 5.99. The first kappa shape index (κ1) is 19.5. The van der Waals surface area contributed by atoms with Gasteiger partial charge in [-0.05, 0) is 61.7 Å². The van der Waals surface area contributed by atoms with Crippen molar-refractivity contribution in [2.75, 3.05) is 25.5 Å². The van der Waals surface area contributed by atoms with Crippen LogP contribution in [0.1, 0.15) is 34.8 Å². The summed E-state index contributed by atoms with van der Waals surface area (Å²) in [6.45, 7) is 6.58. The van der Waals surface area contributed by atoms with Gasteiger partial charge >= 0.3 is 0 Å². The van der Waals surface area contributed by atoms with E-state index < -0.39 is 0 Å². The summed E-state index contributed by atoms with van der Waals surface area (Å²) in [4.78, 5) is 26.2. The van der Waals surface area contributed by atoms with Crippen LogP contribution in [0.4, 0.5) is 5.69 Å². The monoisotopic (exact) mass is 354 g/mol. The third-order valence-corrected chi connectivity index (χ3v) is 3.97. The van der Waals surface area contributed by atoms with Gasteiger partial charge in [0.2, 0.25) is 5.91 Å². The van der Waals surface area contributed by atoms with Gasteiger partial charge in [0.25, 0.3) is 5.91 Å². The molecule has 0 saturated heterocycles. The van der Waals surface area contributed by atoms with Gasteiger partial charge in [-0.1, -0.05) is 19.1 Å². The first-order valence-electron chi connectivity index (χ1n) is 8.76. The summed E-state index contributed by atoms with van der Waals surface area (Å²) in [5, 5.41) is 2.87. The number of hydrogen-bond donors (Lipinski definition) is 1. The minimum Gasteiger partial charge on any atom is -0.494 e.